The Bertz CT molecular complexity index is 400. The van der Waals surface area contributed by atoms with Crippen molar-refractivity contribution in [1.29, 1.82) is 0 Å². The highest BCUT2D eigenvalue weighted by atomic mass is 15.4. The minimum absolute atomic E-state index is 0.931. The van der Waals surface area contributed by atoms with Gasteiger partial charge in [-0.25, -0.2) is 4.68 Å². The Morgan fingerprint density at radius 2 is 1.77 bits per heavy atom. The Morgan fingerprint density at radius 1 is 1.08 bits per heavy atom. The monoisotopic (exact) mass is 173 g/mol. The predicted molar refractivity (Wildman–Crippen MR) is 50.8 cm³/mol. The molecule has 0 fully saturated rings. The van der Waals surface area contributed by atoms with Crippen LogP contribution in [0.15, 0.2) is 30.5 Å². The van der Waals surface area contributed by atoms with Gasteiger partial charge < -0.3 is 0 Å². The lowest BCUT2D eigenvalue weighted by molar-refractivity contribution is 0.800. The summed E-state index contributed by atoms with van der Waals surface area (Å²) in [6.07, 6.45) is 1.91. The van der Waals surface area contributed by atoms with Crippen molar-refractivity contribution in [2.24, 2.45) is 0 Å². The van der Waals surface area contributed by atoms with Crippen molar-refractivity contribution < 1.29 is 0 Å². The van der Waals surface area contributed by atoms with Crippen LogP contribution in [0.1, 0.15) is 11.3 Å². The van der Waals surface area contributed by atoms with Gasteiger partial charge in [0.2, 0.25) is 0 Å². The molecule has 0 amide bonds. The Balaban J connectivity index is 2.41. The van der Waals surface area contributed by atoms with Crippen molar-refractivity contribution in [1.82, 2.24) is 15.0 Å². The molecule has 1 heterocycles. The standard InChI is InChI=1S/C10H11N3/c1-8-3-5-10(6-4-8)13-7-9(2)11-12-13/h3-7H,1-2H3. The maximum Gasteiger partial charge on any atom is 0.0800 e. The lowest BCUT2D eigenvalue weighted by Crippen LogP contribution is -1.94. The third-order valence-electron chi connectivity index (χ3n) is 1.91. The lowest BCUT2D eigenvalue weighted by atomic mass is 10.2. The number of aromatic nitrogens is 3. The van der Waals surface area contributed by atoms with E-state index in [4.69, 9.17) is 0 Å². The quantitative estimate of drug-likeness (QED) is 0.659. The zero-order valence-electron chi connectivity index (χ0n) is 7.73. The Labute approximate surface area is 77.0 Å². The van der Waals surface area contributed by atoms with Gasteiger partial charge in [-0.3, -0.25) is 0 Å². The number of aryl methyl sites for hydroxylation is 2. The van der Waals surface area contributed by atoms with Gasteiger partial charge in [0.15, 0.2) is 0 Å². The van der Waals surface area contributed by atoms with Crippen LogP contribution in [0, 0.1) is 13.8 Å². The van der Waals surface area contributed by atoms with Gasteiger partial charge in [-0.2, -0.15) is 0 Å². The Kier molecular flexibility index (Phi) is 1.85. The van der Waals surface area contributed by atoms with Crippen LogP contribution in [0.5, 0.6) is 0 Å². The molecule has 3 heteroatoms. The lowest BCUT2D eigenvalue weighted by Gasteiger charge is -1.99. The molecule has 66 valence electrons. The molecule has 0 N–H and O–H groups in total. The molecule has 0 bridgehead atoms. The summed E-state index contributed by atoms with van der Waals surface area (Å²) in [5.41, 5.74) is 3.23. The SMILES string of the molecule is Cc1ccc(-n2cc(C)nn2)cc1. The molecule has 0 radical (unpaired) electrons. The van der Waals surface area contributed by atoms with Crippen LogP contribution in [-0.4, -0.2) is 15.0 Å². The van der Waals surface area contributed by atoms with Crippen LogP contribution in [0.25, 0.3) is 5.69 Å². The average Bonchev–Trinajstić information content (AvgIpc) is 2.53. The van der Waals surface area contributed by atoms with E-state index >= 15 is 0 Å². The fourth-order valence-electron chi connectivity index (χ4n) is 1.17. The van der Waals surface area contributed by atoms with Crippen LogP contribution in [-0.2, 0) is 0 Å². The predicted octanol–water partition coefficient (Wildman–Crippen LogP) is 1.88. The smallest absolute Gasteiger partial charge is 0.0800 e. The second-order valence-corrected chi connectivity index (χ2v) is 3.14. The van der Waals surface area contributed by atoms with Crippen molar-refractivity contribution in [2.75, 3.05) is 0 Å². The van der Waals surface area contributed by atoms with Gasteiger partial charge >= 0.3 is 0 Å². The largest absolute Gasteiger partial charge is 0.220 e. The average molecular weight is 173 g/mol. The first kappa shape index (κ1) is 7.98. The molecule has 0 saturated heterocycles. The molecule has 1 aromatic heterocycles. The molecule has 0 unspecified atom stereocenters. The summed E-state index contributed by atoms with van der Waals surface area (Å²) in [5.74, 6) is 0. The number of nitrogens with zero attached hydrogens (tertiary/aromatic N) is 3. The fraction of sp³-hybridized carbons (Fsp3) is 0.200. The van der Waals surface area contributed by atoms with Crippen LogP contribution >= 0.6 is 0 Å². The van der Waals surface area contributed by atoms with Crippen LogP contribution < -0.4 is 0 Å². The number of benzene rings is 1. The molecule has 0 saturated carbocycles. The molecule has 13 heavy (non-hydrogen) atoms. The first-order valence-electron chi connectivity index (χ1n) is 4.22. The minimum atomic E-state index is 0.931. The van der Waals surface area contributed by atoms with Gasteiger partial charge in [0.25, 0.3) is 0 Å². The fourth-order valence-corrected chi connectivity index (χ4v) is 1.17. The van der Waals surface area contributed by atoms with Crippen molar-refractivity contribution in [3.8, 4) is 5.69 Å². The molecular formula is C10H11N3. The van der Waals surface area contributed by atoms with Crippen LogP contribution in [0.4, 0.5) is 0 Å². The summed E-state index contributed by atoms with van der Waals surface area (Å²) in [7, 11) is 0. The summed E-state index contributed by atoms with van der Waals surface area (Å²) in [6.45, 7) is 3.99. The van der Waals surface area contributed by atoms with E-state index in [1.807, 2.05) is 25.3 Å². The first-order chi connectivity index (χ1) is 6.25. The van der Waals surface area contributed by atoms with E-state index in [1.165, 1.54) is 5.56 Å². The van der Waals surface area contributed by atoms with Crippen molar-refractivity contribution in [3.63, 3.8) is 0 Å². The highest BCUT2D eigenvalue weighted by Crippen LogP contribution is 2.07. The van der Waals surface area contributed by atoms with Gasteiger partial charge in [0.05, 0.1) is 17.6 Å². The second-order valence-electron chi connectivity index (χ2n) is 3.14. The van der Waals surface area contributed by atoms with E-state index in [0.29, 0.717) is 0 Å². The van der Waals surface area contributed by atoms with Gasteiger partial charge in [-0.1, -0.05) is 22.9 Å². The van der Waals surface area contributed by atoms with Crippen LogP contribution in [0.2, 0.25) is 0 Å². The highest BCUT2D eigenvalue weighted by molar-refractivity contribution is 5.33. The summed E-state index contributed by atoms with van der Waals surface area (Å²) < 4.78 is 1.77. The maximum atomic E-state index is 3.98. The molecule has 2 aromatic rings. The summed E-state index contributed by atoms with van der Waals surface area (Å²) in [5, 5.41) is 7.91. The van der Waals surface area contributed by atoms with Crippen molar-refractivity contribution >= 4 is 0 Å². The van der Waals surface area contributed by atoms with E-state index in [0.717, 1.165) is 11.4 Å². The molecule has 1 aromatic carbocycles. The first-order valence-corrected chi connectivity index (χ1v) is 4.22. The number of hydrogen-bond donors (Lipinski definition) is 0. The van der Waals surface area contributed by atoms with Gasteiger partial charge in [-0.05, 0) is 26.0 Å². The topological polar surface area (TPSA) is 30.7 Å². The zero-order valence-corrected chi connectivity index (χ0v) is 7.73. The van der Waals surface area contributed by atoms with Crippen molar-refractivity contribution in [2.45, 2.75) is 13.8 Å². The van der Waals surface area contributed by atoms with Crippen molar-refractivity contribution in [3.05, 3.63) is 41.7 Å². The van der Waals surface area contributed by atoms with E-state index < -0.39 is 0 Å². The molecular weight excluding hydrogens is 162 g/mol. The molecule has 2 rings (SSSR count). The summed E-state index contributed by atoms with van der Waals surface area (Å²) in [4.78, 5) is 0. The molecule has 3 nitrogen and oxygen atoms in total. The molecule has 0 aliphatic carbocycles. The maximum absolute atomic E-state index is 3.98. The third kappa shape index (κ3) is 1.59. The number of hydrogen-bond acceptors (Lipinski definition) is 2. The number of rotatable bonds is 1. The summed E-state index contributed by atoms with van der Waals surface area (Å²) >= 11 is 0. The molecule has 0 spiro atoms. The van der Waals surface area contributed by atoms with Crippen LogP contribution in [0.3, 0.4) is 0 Å². The van der Waals surface area contributed by atoms with E-state index in [9.17, 15) is 0 Å². The molecule has 0 aliphatic heterocycles. The zero-order chi connectivity index (χ0) is 9.26. The Morgan fingerprint density at radius 3 is 2.31 bits per heavy atom. The van der Waals surface area contributed by atoms with E-state index in [-0.39, 0.29) is 0 Å². The minimum Gasteiger partial charge on any atom is -0.220 e. The van der Waals surface area contributed by atoms with Gasteiger partial charge in [0, 0.05) is 0 Å². The van der Waals surface area contributed by atoms with E-state index in [1.54, 1.807) is 4.68 Å². The second kappa shape index (κ2) is 3.01. The molecule has 0 aliphatic rings. The third-order valence-corrected chi connectivity index (χ3v) is 1.91. The normalized spacial score (nSPS) is 10.3. The van der Waals surface area contributed by atoms with E-state index in [2.05, 4.69) is 29.4 Å². The highest BCUT2D eigenvalue weighted by Gasteiger charge is 1.97. The molecule has 0 atom stereocenters. The van der Waals surface area contributed by atoms with Gasteiger partial charge in [0.1, 0.15) is 0 Å². The Hall–Kier alpha value is -1.64. The summed E-state index contributed by atoms with van der Waals surface area (Å²) in [6, 6.07) is 8.19. The van der Waals surface area contributed by atoms with Gasteiger partial charge in [-0.15, -0.1) is 5.10 Å².